The molecule has 0 bridgehead atoms. The number of esters is 1. The molecule has 2 N–H and O–H groups in total. The van der Waals surface area contributed by atoms with Gasteiger partial charge in [-0.25, -0.2) is 4.98 Å². The van der Waals surface area contributed by atoms with Crippen LogP contribution < -0.4 is 10.6 Å². The molecule has 0 spiro atoms. The number of nitrogens with one attached hydrogen (secondary N) is 2. The highest BCUT2D eigenvalue weighted by Gasteiger charge is 2.32. The number of rotatable bonds is 7. The Balaban J connectivity index is 1.59. The van der Waals surface area contributed by atoms with Gasteiger partial charge in [0.05, 0.1) is 23.2 Å². The molecule has 0 aliphatic heterocycles. The molecule has 1 fully saturated rings. The molecule has 8 nitrogen and oxygen atoms in total. The number of anilines is 2. The SMILES string of the molecule is CCOC(=O)[C@H]1CCCCC1Nc1cc(NCc2cccnc2)n2ncc(Br)c2n1. The van der Waals surface area contributed by atoms with Crippen molar-refractivity contribution >= 4 is 39.2 Å². The van der Waals surface area contributed by atoms with E-state index < -0.39 is 0 Å². The molecule has 30 heavy (non-hydrogen) atoms. The zero-order valence-corrected chi connectivity index (χ0v) is 18.4. The first-order chi connectivity index (χ1) is 14.7. The quantitative estimate of drug-likeness (QED) is 0.501. The van der Waals surface area contributed by atoms with Gasteiger partial charge in [0.25, 0.3) is 0 Å². The van der Waals surface area contributed by atoms with Gasteiger partial charge in [-0.3, -0.25) is 9.78 Å². The number of aromatic nitrogens is 4. The summed E-state index contributed by atoms with van der Waals surface area (Å²) >= 11 is 3.53. The molecule has 9 heteroatoms. The van der Waals surface area contributed by atoms with Gasteiger partial charge in [-0.2, -0.15) is 9.61 Å². The molecule has 1 aliphatic carbocycles. The van der Waals surface area contributed by atoms with E-state index in [0.717, 1.165) is 41.5 Å². The highest BCUT2D eigenvalue weighted by atomic mass is 79.9. The van der Waals surface area contributed by atoms with Crippen LogP contribution in [0.5, 0.6) is 0 Å². The number of halogens is 1. The molecule has 0 radical (unpaired) electrons. The van der Waals surface area contributed by atoms with Gasteiger partial charge in [0.15, 0.2) is 5.65 Å². The number of nitrogens with zero attached hydrogens (tertiary/aromatic N) is 4. The number of carbonyl (C=O) groups is 1. The monoisotopic (exact) mass is 472 g/mol. The van der Waals surface area contributed by atoms with Crippen LogP contribution in [0.15, 0.2) is 41.3 Å². The second kappa shape index (κ2) is 9.42. The molecule has 0 amide bonds. The topological polar surface area (TPSA) is 93.4 Å². The zero-order valence-electron chi connectivity index (χ0n) is 16.8. The summed E-state index contributed by atoms with van der Waals surface area (Å²) in [5.74, 6) is 1.23. The summed E-state index contributed by atoms with van der Waals surface area (Å²) in [6, 6.07) is 5.86. The Hall–Kier alpha value is -2.68. The van der Waals surface area contributed by atoms with Crippen LogP contribution in [0.3, 0.4) is 0 Å². The Bertz CT molecular complexity index is 1010. The van der Waals surface area contributed by atoms with E-state index in [9.17, 15) is 4.79 Å². The first-order valence-corrected chi connectivity index (χ1v) is 11.0. The van der Waals surface area contributed by atoms with Gasteiger partial charge in [-0.1, -0.05) is 18.9 Å². The molecule has 3 aromatic heterocycles. The summed E-state index contributed by atoms with van der Waals surface area (Å²) in [6.07, 6.45) is 9.18. The van der Waals surface area contributed by atoms with Crippen molar-refractivity contribution in [1.29, 1.82) is 0 Å². The van der Waals surface area contributed by atoms with Gasteiger partial charge >= 0.3 is 5.97 Å². The third kappa shape index (κ3) is 4.56. The van der Waals surface area contributed by atoms with Gasteiger partial charge in [0.1, 0.15) is 11.6 Å². The molecule has 158 valence electrons. The summed E-state index contributed by atoms with van der Waals surface area (Å²) in [5.41, 5.74) is 1.77. The summed E-state index contributed by atoms with van der Waals surface area (Å²) in [6.45, 7) is 2.85. The molecule has 0 aromatic carbocycles. The van der Waals surface area contributed by atoms with E-state index in [4.69, 9.17) is 9.72 Å². The summed E-state index contributed by atoms with van der Waals surface area (Å²) < 4.78 is 7.86. The van der Waals surface area contributed by atoms with E-state index >= 15 is 0 Å². The van der Waals surface area contributed by atoms with E-state index in [2.05, 4.69) is 36.6 Å². The number of pyridine rings is 1. The zero-order chi connectivity index (χ0) is 20.9. The molecule has 3 heterocycles. The normalized spacial score (nSPS) is 18.9. The van der Waals surface area contributed by atoms with Gasteiger partial charge < -0.3 is 15.4 Å². The van der Waals surface area contributed by atoms with E-state index in [0.29, 0.717) is 24.6 Å². The third-order valence-electron chi connectivity index (χ3n) is 5.31. The van der Waals surface area contributed by atoms with Crippen molar-refractivity contribution in [3.63, 3.8) is 0 Å². The molecule has 2 atom stereocenters. The fraction of sp³-hybridized carbons (Fsp3) is 0.429. The summed E-state index contributed by atoms with van der Waals surface area (Å²) in [5, 5.41) is 11.3. The summed E-state index contributed by atoms with van der Waals surface area (Å²) in [7, 11) is 0. The molecule has 1 aliphatic rings. The van der Waals surface area contributed by atoms with Crippen molar-refractivity contribution in [2.75, 3.05) is 17.2 Å². The standard InChI is InChI=1S/C21H25BrN6O2/c1-2-30-21(29)15-7-3-4-8-17(15)26-18-10-19(24-12-14-6-5-9-23-11-14)28-20(27-18)16(22)13-25-28/h5-6,9-11,13,15,17,24H,2-4,7-8,12H2,1H3,(H,26,27)/t15-,17?/m0/s1. The first-order valence-electron chi connectivity index (χ1n) is 10.3. The Morgan fingerprint density at radius 1 is 1.33 bits per heavy atom. The Morgan fingerprint density at radius 2 is 2.20 bits per heavy atom. The van der Waals surface area contributed by atoms with E-state index in [1.165, 1.54) is 0 Å². The number of carbonyl (C=O) groups excluding carboxylic acids is 1. The minimum Gasteiger partial charge on any atom is -0.466 e. The second-order valence-corrected chi connectivity index (χ2v) is 8.22. The van der Waals surface area contributed by atoms with Crippen molar-refractivity contribution in [3.8, 4) is 0 Å². The van der Waals surface area contributed by atoms with E-state index in [1.54, 1.807) is 16.9 Å². The maximum atomic E-state index is 12.4. The molecular weight excluding hydrogens is 448 g/mol. The van der Waals surface area contributed by atoms with Gasteiger partial charge in [0, 0.05) is 31.0 Å². The van der Waals surface area contributed by atoms with Crippen LogP contribution in [-0.4, -0.2) is 38.2 Å². The van der Waals surface area contributed by atoms with Crippen LogP contribution in [0, 0.1) is 5.92 Å². The average molecular weight is 473 g/mol. The second-order valence-electron chi connectivity index (χ2n) is 7.36. The predicted molar refractivity (Wildman–Crippen MR) is 118 cm³/mol. The summed E-state index contributed by atoms with van der Waals surface area (Å²) in [4.78, 5) is 21.3. The van der Waals surface area contributed by atoms with Crippen LogP contribution in [0.1, 0.15) is 38.2 Å². The first kappa shape index (κ1) is 20.6. The lowest BCUT2D eigenvalue weighted by Crippen LogP contribution is -2.38. The smallest absolute Gasteiger partial charge is 0.311 e. The van der Waals surface area contributed by atoms with Crippen LogP contribution in [0.4, 0.5) is 11.6 Å². The fourth-order valence-electron chi connectivity index (χ4n) is 3.86. The molecule has 1 unspecified atom stereocenters. The van der Waals surface area contributed by atoms with Crippen molar-refractivity contribution in [2.24, 2.45) is 5.92 Å². The molecule has 0 saturated heterocycles. The largest absolute Gasteiger partial charge is 0.466 e. The van der Waals surface area contributed by atoms with Crippen molar-refractivity contribution < 1.29 is 9.53 Å². The number of ether oxygens (including phenoxy) is 1. The van der Waals surface area contributed by atoms with Crippen molar-refractivity contribution in [2.45, 2.75) is 45.2 Å². The maximum absolute atomic E-state index is 12.4. The van der Waals surface area contributed by atoms with Crippen molar-refractivity contribution in [3.05, 3.63) is 46.8 Å². The molecular formula is C21H25BrN6O2. The molecule has 4 rings (SSSR count). The molecule has 1 saturated carbocycles. The lowest BCUT2D eigenvalue weighted by molar-refractivity contribution is -0.149. The van der Waals surface area contributed by atoms with Crippen LogP contribution in [0.25, 0.3) is 5.65 Å². The molecule has 3 aromatic rings. The van der Waals surface area contributed by atoms with Crippen LogP contribution in [0.2, 0.25) is 0 Å². The Morgan fingerprint density at radius 3 is 3.00 bits per heavy atom. The Kier molecular flexibility index (Phi) is 6.47. The number of fused-ring (bicyclic) bond motifs is 1. The van der Waals surface area contributed by atoms with Gasteiger partial charge in [-0.05, 0) is 47.3 Å². The predicted octanol–water partition coefficient (Wildman–Crippen LogP) is 4.03. The highest BCUT2D eigenvalue weighted by molar-refractivity contribution is 9.10. The van der Waals surface area contributed by atoms with Crippen LogP contribution >= 0.6 is 15.9 Å². The fourth-order valence-corrected chi connectivity index (χ4v) is 4.20. The number of hydrogen-bond acceptors (Lipinski definition) is 7. The lowest BCUT2D eigenvalue weighted by atomic mass is 9.84. The lowest BCUT2D eigenvalue weighted by Gasteiger charge is -2.31. The average Bonchev–Trinajstić information content (AvgIpc) is 3.14. The van der Waals surface area contributed by atoms with E-state index in [1.807, 2.05) is 31.3 Å². The van der Waals surface area contributed by atoms with E-state index in [-0.39, 0.29) is 17.9 Å². The minimum atomic E-state index is -0.156. The van der Waals surface area contributed by atoms with Crippen LogP contribution in [-0.2, 0) is 16.1 Å². The third-order valence-corrected chi connectivity index (χ3v) is 5.87. The van der Waals surface area contributed by atoms with Crippen molar-refractivity contribution in [1.82, 2.24) is 19.6 Å². The van der Waals surface area contributed by atoms with Gasteiger partial charge in [0.2, 0.25) is 0 Å². The minimum absolute atomic E-state index is 0.000574. The maximum Gasteiger partial charge on any atom is 0.311 e. The Labute approximate surface area is 183 Å². The highest BCUT2D eigenvalue weighted by Crippen LogP contribution is 2.30. The number of hydrogen-bond donors (Lipinski definition) is 2. The van der Waals surface area contributed by atoms with Gasteiger partial charge in [-0.15, -0.1) is 0 Å².